The van der Waals surface area contributed by atoms with Gasteiger partial charge in [-0.3, -0.25) is 24.5 Å². The predicted molar refractivity (Wildman–Crippen MR) is 119 cm³/mol. The second kappa shape index (κ2) is 9.62. The van der Waals surface area contributed by atoms with E-state index >= 15 is 0 Å². The number of carbonyl (C=O) groups is 3. The molecule has 0 saturated heterocycles. The lowest BCUT2D eigenvalue weighted by molar-refractivity contribution is -0.118. The van der Waals surface area contributed by atoms with Crippen LogP contribution in [-0.4, -0.2) is 29.0 Å². The second-order valence-corrected chi connectivity index (χ2v) is 7.01. The molecule has 3 rings (SSSR count). The Hall–Kier alpha value is -4.07. The molecule has 3 aromatic rings. The molecule has 0 bridgehead atoms. The first kappa shape index (κ1) is 21.6. The number of hydrogen-bond acceptors (Lipinski definition) is 4. The van der Waals surface area contributed by atoms with E-state index in [9.17, 15) is 14.4 Å². The number of aryl methyl sites for hydroxylation is 2. The lowest BCUT2D eigenvalue weighted by Gasteiger charge is -2.12. The summed E-state index contributed by atoms with van der Waals surface area (Å²) in [5, 5.41) is 5.37. The molecule has 31 heavy (non-hydrogen) atoms. The number of hydrogen-bond donors (Lipinski definition) is 3. The predicted octanol–water partition coefficient (Wildman–Crippen LogP) is 3.46. The Balaban J connectivity index is 1.50. The first-order valence-corrected chi connectivity index (χ1v) is 9.68. The zero-order chi connectivity index (χ0) is 22.4. The Labute approximate surface area is 180 Å². The fourth-order valence-corrected chi connectivity index (χ4v) is 2.90. The Morgan fingerprint density at radius 3 is 1.90 bits per heavy atom. The number of anilines is 2. The van der Waals surface area contributed by atoms with Crippen LogP contribution in [-0.2, 0) is 9.59 Å². The zero-order valence-electron chi connectivity index (χ0n) is 17.6. The number of amides is 3. The molecule has 1 heterocycles. The van der Waals surface area contributed by atoms with Gasteiger partial charge in [-0.15, -0.1) is 0 Å². The van der Waals surface area contributed by atoms with Crippen LogP contribution in [0, 0.1) is 13.8 Å². The molecule has 0 saturated carbocycles. The highest BCUT2D eigenvalue weighted by Gasteiger charge is 2.10. The van der Waals surface area contributed by atoms with E-state index in [1.807, 2.05) is 26.0 Å². The molecule has 160 valence electrons. The van der Waals surface area contributed by atoms with Crippen molar-refractivity contribution in [2.75, 3.05) is 22.7 Å². The first-order valence-electron chi connectivity index (χ1n) is 9.68. The van der Waals surface area contributed by atoms with Crippen LogP contribution in [0.15, 0.2) is 60.7 Å². The van der Waals surface area contributed by atoms with Crippen molar-refractivity contribution in [2.24, 2.45) is 0 Å². The third-order valence-electron chi connectivity index (χ3n) is 4.46. The molecule has 8 heteroatoms. The number of nitrogens with one attached hydrogen (secondary N) is 3. The molecule has 0 aliphatic heterocycles. The topological polar surface area (TPSA) is 101 Å². The van der Waals surface area contributed by atoms with Crippen LogP contribution in [0.1, 0.15) is 28.7 Å². The molecule has 3 amide bonds. The molecule has 0 aliphatic carbocycles. The van der Waals surface area contributed by atoms with Gasteiger partial charge in [-0.2, -0.15) is 0 Å². The minimum absolute atomic E-state index is 0.163. The van der Waals surface area contributed by atoms with Crippen molar-refractivity contribution >= 4 is 29.1 Å². The molecule has 1 aromatic heterocycles. The van der Waals surface area contributed by atoms with Crippen molar-refractivity contribution < 1.29 is 19.1 Å². The lowest BCUT2D eigenvalue weighted by atomic mass is 10.2. The molecule has 8 nitrogen and oxygen atoms in total. The summed E-state index contributed by atoms with van der Waals surface area (Å²) in [6, 6.07) is 17.2. The maximum absolute atomic E-state index is 12.4. The number of carbonyl (C=O) groups excluding carboxylic acids is 3. The molecule has 2 aromatic carbocycles. The molecular formula is C23H24N4O4. The van der Waals surface area contributed by atoms with Gasteiger partial charge in [-0.05, 0) is 74.5 Å². The number of ether oxygens (including phenoxy) is 1. The second-order valence-electron chi connectivity index (χ2n) is 7.01. The Morgan fingerprint density at radius 2 is 1.35 bits per heavy atom. The standard InChI is InChI=1S/C23H24N4O4/c1-15-4-5-16(2)27(15)26-23(30)18-6-12-21(13-7-18)31-14-22(29)25-20-10-8-19(9-11-20)24-17(3)28/h4-13H,14H2,1-3H3,(H,24,28)(H,25,29)(H,26,30). The average molecular weight is 420 g/mol. The fourth-order valence-electron chi connectivity index (χ4n) is 2.90. The summed E-state index contributed by atoms with van der Waals surface area (Å²) in [4.78, 5) is 35.5. The third kappa shape index (κ3) is 5.96. The quantitative estimate of drug-likeness (QED) is 0.545. The molecule has 0 radical (unpaired) electrons. The largest absolute Gasteiger partial charge is 0.484 e. The molecule has 3 N–H and O–H groups in total. The highest BCUT2D eigenvalue weighted by molar-refractivity contribution is 6.00. The first-order chi connectivity index (χ1) is 14.8. The minimum atomic E-state index is -0.326. The van der Waals surface area contributed by atoms with E-state index in [0.717, 1.165) is 11.4 Å². The van der Waals surface area contributed by atoms with Gasteiger partial charge < -0.3 is 15.4 Å². The van der Waals surface area contributed by atoms with Gasteiger partial charge in [0.1, 0.15) is 5.75 Å². The minimum Gasteiger partial charge on any atom is -0.484 e. The maximum atomic E-state index is 12.4. The fraction of sp³-hybridized carbons (Fsp3) is 0.174. The van der Waals surface area contributed by atoms with E-state index in [0.29, 0.717) is 22.7 Å². The summed E-state index contributed by atoms with van der Waals surface area (Å²) in [6.45, 7) is 5.07. The summed E-state index contributed by atoms with van der Waals surface area (Å²) < 4.78 is 7.21. The molecule has 0 unspecified atom stereocenters. The van der Waals surface area contributed by atoms with Gasteiger partial charge in [0.05, 0.1) is 0 Å². The van der Waals surface area contributed by atoms with Crippen molar-refractivity contribution in [3.63, 3.8) is 0 Å². The normalized spacial score (nSPS) is 10.3. The van der Waals surface area contributed by atoms with Crippen LogP contribution < -0.4 is 20.8 Å². The SMILES string of the molecule is CC(=O)Nc1ccc(NC(=O)COc2ccc(C(=O)Nn3c(C)ccc3C)cc2)cc1. The highest BCUT2D eigenvalue weighted by atomic mass is 16.5. The van der Waals surface area contributed by atoms with Crippen molar-refractivity contribution in [1.29, 1.82) is 0 Å². The van der Waals surface area contributed by atoms with Gasteiger partial charge in [-0.25, -0.2) is 0 Å². The number of rotatable bonds is 7. The van der Waals surface area contributed by atoms with Gasteiger partial charge >= 0.3 is 0 Å². The number of aromatic nitrogens is 1. The summed E-state index contributed by atoms with van der Waals surface area (Å²) in [6.07, 6.45) is 0. The van der Waals surface area contributed by atoms with Gasteiger partial charge in [-0.1, -0.05) is 0 Å². The monoisotopic (exact) mass is 420 g/mol. The summed E-state index contributed by atoms with van der Waals surface area (Å²) in [5.41, 5.74) is 6.41. The van der Waals surface area contributed by atoms with Crippen molar-refractivity contribution in [1.82, 2.24) is 4.68 Å². The van der Waals surface area contributed by atoms with Crippen LogP contribution in [0.3, 0.4) is 0 Å². The van der Waals surface area contributed by atoms with Crippen molar-refractivity contribution in [3.05, 3.63) is 77.6 Å². The van der Waals surface area contributed by atoms with Crippen LogP contribution in [0.5, 0.6) is 5.75 Å². The Morgan fingerprint density at radius 1 is 0.806 bits per heavy atom. The lowest BCUT2D eigenvalue weighted by Crippen LogP contribution is -2.24. The van der Waals surface area contributed by atoms with E-state index in [1.165, 1.54) is 6.92 Å². The van der Waals surface area contributed by atoms with Gasteiger partial charge in [0, 0.05) is 35.2 Å². The zero-order valence-corrected chi connectivity index (χ0v) is 17.6. The smallest absolute Gasteiger partial charge is 0.270 e. The summed E-state index contributed by atoms with van der Waals surface area (Å²) >= 11 is 0. The molecule has 0 aliphatic rings. The van der Waals surface area contributed by atoms with Crippen molar-refractivity contribution in [3.8, 4) is 5.75 Å². The number of nitrogens with zero attached hydrogens (tertiary/aromatic N) is 1. The molecule has 0 atom stereocenters. The highest BCUT2D eigenvalue weighted by Crippen LogP contribution is 2.15. The van der Waals surface area contributed by atoms with Crippen LogP contribution in [0.25, 0.3) is 0 Å². The van der Waals surface area contributed by atoms with Gasteiger partial charge in [0.15, 0.2) is 6.61 Å². The van der Waals surface area contributed by atoms with Gasteiger partial charge in [0.2, 0.25) is 5.91 Å². The molecule has 0 spiro atoms. The van der Waals surface area contributed by atoms with E-state index < -0.39 is 0 Å². The summed E-state index contributed by atoms with van der Waals surface area (Å²) in [5.74, 6) is -0.258. The molecule has 0 fully saturated rings. The van der Waals surface area contributed by atoms with E-state index in [-0.39, 0.29) is 24.3 Å². The van der Waals surface area contributed by atoms with Crippen molar-refractivity contribution in [2.45, 2.75) is 20.8 Å². The van der Waals surface area contributed by atoms with Crippen LogP contribution in [0.2, 0.25) is 0 Å². The van der Waals surface area contributed by atoms with Gasteiger partial charge in [0.25, 0.3) is 11.8 Å². The third-order valence-corrected chi connectivity index (χ3v) is 4.46. The van der Waals surface area contributed by atoms with Crippen LogP contribution >= 0.6 is 0 Å². The Kier molecular flexibility index (Phi) is 6.71. The van der Waals surface area contributed by atoms with E-state index in [4.69, 9.17) is 4.74 Å². The molecular weight excluding hydrogens is 396 g/mol. The average Bonchev–Trinajstić information content (AvgIpc) is 3.05. The number of benzene rings is 2. The van der Waals surface area contributed by atoms with E-state index in [1.54, 1.807) is 53.2 Å². The Bertz CT molecular complexity index is 1070. The summed E-state index contributed by atoms with van der Waals surface area (Å²) in [7, 11) is 0. The van der Waals surface area contributed by atoms with Crippen LogP contribution in [0.4, 0.5) is 11.4 Å². The maximum Gasteiger partial charge on any atom is 0.270 e. The van der Waals surface area contributed by atoms with E-state index in [2.05, 4.69) is 16.1 Å².